The summed E-state index contributed by atoms with van der Waals surface area (Å²) in [5, 5.41) is 0. The fourth-order valence-corrected chi connectivity index (χ4v) is 10.9. The van der Waals surface area contributed by atoms with Crippen molar-refractivity contribution in [3.05, 3.63) is 36.5 Å². The minimum atomic E-state index is -0.782. The lowest BCUT2D eigenvalue weighted by Gasteiger charge is -2.18. The number of unbranched alkanes of at least 4 members (excludes halogenated alkanes) is 49. The first-order valence-corrected chi connectivity index (χ1v) is 35.5. The van der Waals surface area contributed by atoms with Crippen LogP contribution in [0.1, 0.15) is 393 Å². The fourth-order valence-electron chi connectivity index (χ4n) is 10.9. The van der Waals surface area contributed by atoms with Crippen LogP contribution in [0.25, 0.3) is 0 Å². The second-order valence-corrected chi connectivity index (χ2v) is 24.1. The predicted octanol–water partition coefficient (Wildman–Crippen LogP) is 24.3. The van der Waals surface area contributed by atoms with E-state index in [2.05, 4.69) is 57.2 Å². The summed E-state index contributed by atoms with van der Waals surface area (Å²) in [6, 6.07) is 0. The van der Waals surface area contributed by atoms with Crippen molar-refractivity contribution < 1.29 is 28.6 Å². The lowest BCUT2D eigenvalue weighted by Crippen LogP contribution is -2.30. The Bertz CT molecular complexity index is 1320. The Morgan fingerprint density at radius 2 is 0.494 bits per heavy atom. The van der Waals surface area contributed by atoms with Gasteiger partial charge in [-0.15, -0.1) is 0 Å². The number of ether oxygens (including phenoxy) is 3. The second kappa shape index (κ2) is 68.1. The van der Waals surface area contributed by atoms with Crippen LogP contribution in [-0.2, 0) is 28.6 Å². The summed E-state index contributed by atoms with van der Waals surface area (Å²) in [5.74, 6) is -0.876. The van der Waals surface area contributed by atoms with Gasteiger partial charge in [0.1, 0.15) is 13.2 Å². The van der Waals surface area contributed by atoms with Gasteiger partial charge < -0.3 is 14.2 Å². The molecule has 0 bridgehead atoms. The molecule has 0 aromatic carbocycles. The molecule has 0 aromatic heterocycles. The zero-order chi connectivity index (χ0) is 57.1. The van der Waals surface area contributed by atoms with Gasteiger partial charge in [-0.25, -0.2) is 0 Å². The monoisotopic (exact) mass is 1110 g/mol. The summed E-state index contributed by atoms with van der Waals surface area (Å²) in [7, 11) is 0. The molecule has 0 aromatic rings. The third-order valence-electron chi connectivity index (χ3n) is 16.2. The van der Waals surface area contributed by atoms with Crippen LogP contribution in [0.15, 0.2) is 36.5 Å². The molecule has 464 valence electrons. The summed E-state index contributed by atoms with van der Waals surface area (Å²) in [6.07, 6.45) is 84.8. The highest BCUT2D eigenvalue weighted by Crippen LogP contribution is 2.19. The number of carbonyl (C=O) groups excluding carboxylic acids is 3. The van der Waals surface area contributed by atoms with E-state index >= 15 is 0 Å². The SMILES string of the molecule is CC/C=C\C/C=C\C/C=C\CCCCCC(=O)OCC(COC(=O)CCCCCCCCCCCCCCCCCCCCCCCCCCCC)OC(=O)CCCCCCCCCCCCCCCCCCCCCCCC. The number of hydrogen-bond donors (Lipinski definition) is 0. The minimum Gasteiger partial charge on any atom is -0.462 e. The Morgan fingerprint density at radius 3 is 0.772 bits per heavy atom. The lowest BCUT2D eigenvalue weighted by molar-refractivity contribution is -0.167. The molecule has 0 N–H and O–H groups in total. The zero-order valence-corrected chi connectivity index (χ0v) is 53.4. The maximum Gasteiger partial charge on any atom is 0.306 e. The number of allylic oxidation sites excluding steroid dienone is 6. The van der Waals surface area contributed by atoms with E-state index in [1.54, 1.807) is 0 Å². The zero-order valence-electron chi connectivity index (χ0n) is 53.4. The van der Waals surface area contributed by atoms with Gasteiger partial charge in [-0.05, 0) is 51.4 Å². The second-order valence-electron chi connectivity index (χ2n) is 24.1. The summed E-state index contributed by atoms with van der Waals surface area (Å²) in [6.45, 7) is 6.58. The van der Waals surface area contributed by atoms with E-state index in [1.165, 1.54) is 270 Å². The molecular formula is C73H136O6. The van der Waals surface area contributed by atoms with E-state index in [0.717, 1.165) is 83.5 Å². The van der Waals surface area contributed by atoms with E-state index in [0.29, 0.717) is 19.3 Å². The quantitative estimate of drug-likeness (QED) is 0.0261. The molecule has 0 rings (SSSR count). The van der Waals surface area contributed by atoms with Crippen molar-refractivity contribution in [2.75, 3.05) is 13.2 Å². The van der Waals surface area contributed by atoms with Gasteiger partial charge in [-0.2, -0.15) is 0 Å². The van der Waals surface area contributed by atoms with Crippen molar-refractivity contribution in [2.24, 2.45) is 0 Å². The minimum absolute atomic E-state index is 0.0757. The van der Waals surface area contributed by atoms with Gasteiger partial charge in [0.15, 0.2) is 6.10 Å². The van der Waals surface area contributed by atoms with Gasteiger partial charge in [0.25, 0.3) is 0 Å². The van der Waals surface area contributed by atoms with Crippen LogP contribution >= 0.6 is 0 Å². The normalized spacial score (nSPS) is 12.2. The van der Waals surface area contributed by atoms with E-state index in [-0.39, 0.29) is 31.1 Å². The van der Waals surface area contributed by atoms with Crippen molar-refractivity contribution >= 4 is 17.9 Å². The van der Waals surface area contributed by atoms with Crippen LogP contribution in [0, 0.1) is 0 Å². The van der Waals surface area contributed by atoms with Gasteiger partial charge in [-0.1, -0.05) is 359 Å². The van der Waals surface area contributed by atoms with Crippen LogP contribution < -0.4 is 0 Å². The molecule has 6 heteroatoms. The highest BCUT2D eigenvalue weighted by atomic mass is 16.6. The van der Waals surface area contributed by atoms with E-state index in [9.17, 15) is 14.4 Å². The molecule has 0 aliphatic heterocycles. The van der Waals surface area contributed by atoms with Crippen LogP contribution in [0.2, 0.25) is 0 Å². The summed E-state index contributed by atoms with van der Waals surface area (Å²) < 4.78 is 17.0. The van der Waals surface area contributed by atoms with Crippen LogP contribution in [0.3, 0.4) is 0 Å². The molecule has 1 atom stereocenters. The van der Waals surface area contributed by atoms with Crippen molar-refractivity contribution in [2.45, 2.75) is 399 Å². The highest BCUT2D eigenvalue weighted by Gasteiger charge is 2.19. The first-order chi connectivity index (χ1) is 39.0. The third-order valence-corrected chi connectivity index (χ3v) is 16.2. The van der Waals surface area contributed by atoms with Gasteiger partial charge in [0.05, 0.1) is 0 Å². The molecule has 0 saturated carbocycles. The van der Waals surface area contributed by atoms with Crippen molar-refractivity contribution in [3.63, 3.8) is 0 Å². The van der Waals surface area contributed by atoms with Gasteiger partial charge >= 0.3 is 17.9 Å². The third kappa shape index (κ3) is 66.3. The maximum atomic E-state index is 12.9. The van der Waals surface area contributed by atoms with Crippen molar-refractivity contribution in [1.29, 1.82) is 0 Å². The van der Waals surface area contributed by atoms with Gasteiger partial charge in [0, 0.05) is 19.3 Å². The van der Waals surface area contributed by atoms with E-state index in [4.69, 9.17) is 14.2 Å². The molecule has 1 unspecified atom stereocenters. The molecule has 0 saturated heterocycles. The molecule has 0 aliphatic rings. The molecule has 0 amide bonds. The van der Waals surface area contributed by atoms with E-state index in [1.807, 2.05) is 0 Å². The Morgan fingerprint density at radius 1 is 0.266 bits per heavy atom. The molecule has 0 heterocycles. The van der Waals surface area contributed by atoms with E-state index < -0.39 is 6.10 Å². The first-order valence-electron chi connectivity index (χ1n) is 35.5. The summed E-state index contributed by atoms with van der Waals surface area (Å²) in [4.78, 5) is 38.4. The topological polar surface area (TPSA) is 78.9 Å². The number of esters is 3. The average molecular weight is 1110 g/mol. The number of hydrogen-bond acceptors (Lipinski definition) is 6. The fraction of sp³-hybridized carbons (Fsp3) is 0.877. The van der Waals surface area contributed by atoms with Gasteiger partial charge in [-0.3, -0.25) is 14.4 Å². The molecular weight excluding hydrogens is 973 g/mol. The van der Waals surface area contributed by atoms with Gasteiger partial charge in [0.2, 0.25) is 0 Å². The average Bonchev–Trinajstić information content (AvgIpc) is 3.45. The van der Waals surface area contributed by atoms with Crippen molar-refractivity contribution in [1.82, 2.24) is 0 Å². The molecule has 0 fully saturated rings. The first kappa shape index (κ1) is 76.6. The Kier molecular flexibility index (Phi) is 66.1. The molecule has 6 nitrogen and oxygen atoms in total. The maximum absolute atomic E-state index is 12.9. The Hall–Kier alpha value is -2.37. The van der Waals surface area contributed by atoms with Crippen LogP contribution in [0.4, 0.5) is 0 Å². The number of carbonyl (C=O) groups is 3. The smallest absolute Gasteiger partial charge is 0.306 e. The highest BCUT2D eigenvalue weighted by molar-refractivity contribution is 5.71. The lowest BCUT2D eigenvalue weighted by atomic mass is 10.0. The standard InChI is InChI=1S/C73H136O6/c1-4-7-10-13-16-19-22-25-27-29-31-33-35-36-37-38-40-41-43-45-48-51-54-57-60-63-66-72(75)78-69-70(68-77-71(74)65-62-59-56-53-50-47-24-21-18-15-12-9-6-3)79-73(76)67-64-61-58-55-52-49-46-44-42-39-34-32-30-28-26-23-20-17-14-11-8-5-2/h9,12,18,21,47,50,70H,4-8,10-11,13-17,19-20,22-46,48-49,51-69H2,1-3H3/b12-9-,21-18-,50-47-. The van der Waals surface area contributed by atoms with Crippen molar-refractivity contribution in [3.8, 4) is 0 Å². The molecule has 0 spiro atoms. The molecule has 0 aliphatic carbocycles. The largest absolute Gasteiger partial charge is 0.462 e. The van der Waals surface area contributed by atoms with Crippen LogP contribution in [-0.4, -0.2) is 37.2 Å². The predicted molar refractivity (Wildman–Crippen MR) is 344 cm³/mol. The molecule has 79 heavy (non-hydrogen) atoms. The number of rotatable bonds is 66. The Balaban J connectivity index is 4.21. The van der Waals surface area contributed by atoms with Crippen LogP contribution in [0.5, 0.6) is 0 Å². The summed E-state index contributed by atoms with van der Waals surface area (Å²) >= 11 is 0. The molecule has 0 radical (unpaired) electrons. The Labute approximate surface area is 493 Å². The summed E-state index contributed by atoms with van der Waals surface area (Å²) in [5.41, 5.74) is 0.